The summed E-state index contributed by atoms with van der Waals surface area (Å²) in [6.07, 6.45) is 18.2. The summed E-state index contributed by atoms with van der Waals surface area (Å²) in [5.74, 6) is 10.2. The van der Waals surface area contributed by atoms with Crippen LogP contribution in [0.25, 0.3) is 0 Å². The summed E-state index contributed by atoms with van der Waals surface area (Å²) in [6.45, 7) is 13.6. The second-order valence-corrected chi connectivity index (χ2v) is 14.4. The standard InChI is InChI=1S/C32H61N5O/c1-23(2)37-30(38)9-5-8-24-11-13-28-27-12-10-25-22-26(35-20-6-18-34-19-7-21-36-33)14-16-32(25,4)29(27)15-17-31(24,28)3/h23-29,34-36H,5-22,33H2,1-4H3,(H,37,38)/t24-,25?,26-,27?,28?,29?,31+,32-/m0/s1. The van der Waals surface area contributed by atoms with Crippen molar-refractivity contribution in [2.75, 3.05) is 26.2 Å². The summed E-state index contributed by atoms with van der Waals surface area (Å²) in [5.41, 5.74) is 3.80. The molecule has 0 aromatic rings. The molecular weight excluding hydrogens is 470 g/mol. The highest BCUT2D eigenvalue weighted by molar-refractivity contribution is 5.76. The van der Waals surface area contributed by atoms with Crippen molar-refractivity contribution in [3.63, 3.8) is 0 Å². The van der Waals surface area contributed by atoms with Crippen LogP contribution >= 0.6 is 0 Å². The number of carbonyl (C=O) groups excluding carboxylic acids is 1. The predicted molar refractivity (Wildman–Crippen MR) is 158 cm³/mol. The van der Waals surface area contributed by atoms with E-state index in [-0.39, 0.29) is 11.9 Å². The van der Waals surface area contributed by atoms with Gasteiger partial charge in [0.25, 0.3) is 0 Å². The molecule has 0 aliphatic heterocycles. The van der Waals surface area contributed by atoms with Crippen molar-refractivity contribution in [3.05, 3.63) is 0 Å². The molecule has 6 nitrogen and oxygen atoms in total. The van der Waals surface area contributed by atoms with Crippen LogP contribution in [-0.4, -0.2) is 44.2 Å². The molecule has 4 fully saturated rings. The van der Waals surface area contributed by atoms with Crippen LogP contribution in [0, 0.1) is 40.4 Å². The maximum atomic E-state index is 12.2. The molecule has 220 valence electrons. The zero-order valence-electron chi connectivity index (χ0n) is 25.3. The van der Waals surface area contributed by atoms with E-state index in [1.54, 1.807) is 0 Å². The second-order valence-electron chi connectivity index (χ2n) is 14.4. The lowest BCUT2D eigenvalue weighted by molar-refractivity contribution is -0.122. The van der Waals surface area contributed by atoms with Crippen LogP contribution in [0.15, 0.2) is 0 Å². The van der Waals surface area contributed by atoms with Crippen LogP contribution in [-0.2, 0) is 4.79 Å². The number of hydrogen-bond acceptors (Lipinski definition) is 5. The van der Waals surface area contributed by atoms with Gasteiger partial charge in [0.05, 0.1) is 0 Å². The first-order chi connectivity index (χ1) is 18.3. The Bertz CT molecular complexity index is 745. The van der Waals surface area contributed by atoms with E-state index in [0.29, 0.717) is 17.3 Å². The average molecular weight is 532 g/mol. The molecule has 4 saturated carbocycles. The van der Waals surface area contributed by atoms with E-state index in [4.69, 9.17) is 5.84 Å². The Morgan fingerprint density at radius 1 is 0.868 bits per heavy atom. The summed E-state index contributed by atoms with van der Waals surface area (Å²) < 4.78 is 0. The molecule has 8 atom stereocenters. The van der Waals surface area contributed by atoms with Crippen molar-refractivity contribution < 1.29 is 4.79 Å². The zero-order valence-corrected chi connectivity index (χ0v) is 25.3. The monoisotopic (exact) mass is 531 g/mol. The summed E-state index contributed by atoms with van der Waals surface area (Å²) in [7, 11) is 0. The van der Waals surface area contributed by atoms with E-state index in [1.165, 1.54) is 70.6 Å². The smallest absolute Gasteiger partial charge is 0.220 e. The number of fused-ring (bicyclic) bond motifs is 5. The Hall–Kier alpha value is -0.690. The van der Waals surface area contributed by atoms with Gasteiger partial charge in [-0.25, -0.2) is 0 Å². The lowest BCUT2D eigenvalue weighted by atomic mass is 9.44. The van der Waals surface area contributed by atoms with E-state index in [2.05, 4.69) is 49.1 Å². The van der Waals surface area contributed by atoms with Crippen LogP contribution in [0.2, 0.25) is 0 Å². The molecule has 1 amide bonds. The van der Waals surface area contributed by atoms with Crippen molar-refractivity contribution >= 4 is 5.91 Å². The maximum absolute atomic E-state index is 12.2. The van der Waals surface area contributed by atoms with Crippen LogP contribution in [0.3, 0.4) is 0 Å². The van der Waals surface area contributed by atoms with E-state index in [9.17, 15) is 4.79 Å². The molecule has 4 unspecified atom stereocenters. The van der Waals surface area contributed by atoms with Crippen LogP contribution in [0.1, 0.15) is 118 Å². The quantitative estimate of drug-likeness (QED) is 0.122. The van der Waals surface area contributed by atoms with Gasteiger partial charge in [-0.15, -0.1) is 0 Å². The Kier molecular flexibility index (Phi) is 11.0. The van der Waals surface area contributed by atoms with Gasteiger partial charge in [0, 0.05) is 25.0 Å². The Balaban J connectivity index is 1.23. The molecule has 6 heteroatoms. The normalized spacial score (nSPS) is 38.5. The summed E-state index contributed by atoms with van der Waals surface area (Å²) >= 11 is 0. The molecule has 0 aromatic heterocycles. The first-order valence-electron chi connectivity index (χ1n) is 16.4. The van der Waals surface area contributed by atoms with Gasteiger partial charge in [-0.05, 0) is 157 Å². The number of hydrazine groups is 1. The number of nitrogens with two attached hydrogens (primary N) is 1. The highest BCUT2D eigenvalue weighted by Crippen LogP contribution is 2.67. The first-order valence-corrected chi connectivity index (χ1v) is 16.4. The average Bonchev–Trinajstić information content (AvgIpc) is 3.21. The molecule has 0 heterocycles. The van der Waals surface area contributed by atoms with Gasteiger partial charge in [0.15, 0.2) is 0 Å². The van der Waals surface area contributed by atoms with Crippen LogP contribution in [0.5, 0.6) is 0 Å². The van der Waals surface area contributed by atoms with E-state index < -0.39 is 0 Å². The van der Waals surface area contributed by atoms with Crippen LogP contribution in [0.4, 0.5) is 0 Å². The minimum absolute atomic E-state index is 0.243. The predicted octanol–water partition coefficient (Wildman–Crippen LogP) is 5.13. The van der Waals surface area contributed by atoms with Gasteiger partial charge in [-0.2, -0.15) is 0 Å². The topological polar surface area (TPSA) is 91.2 Å². The highest BCUT2D eigenvalue weighted by atomic mass is 16.1. The van der Waals surface area contributed by atoms with Crippen molar-refractivity contribution in [2.45, 2.75) is 130 Å². The molecule has 0 aromatic carbocycles. The van der Waals surface area contributed by atoms with Crippen LogP contribution < -0.4 is 27.2 Å². The molecule has 4 aliphatic rings. The Morgan fingerprint density at radius 2 is 1.61 bits per heavy atom. The van der Waals surface area contributed by atoms with Gasteiger partial charge in [0.1, 0.15) is 0 Å². The third-order valence-electron chi connectivity index (χ3n) is 11.9. The molecular formula is C32H61N5O. The Labute approximate surface area is 234 Å². The van der Waals surface area contributed by atoms with E-state index >= 15 is 0 Å². The number of rotatable bonds is 14. The zero-order chi connectivity index (χ0) is 27.2. The lowest BCUT2D eigenvalue weighted by Crippen LogP contribution is -2.55. The minimum atomic E-state index is 0.243. The maximum Gasteiger partial charge on any atom is 0.220 e. The van der Waals surface area contributed by atoms with Crippen molar-refractivity contribution in [2.24, 2.45) is 46.3 Å². The van der Waals surface area contributed by atoms with Gasteiger partial charge in [-0.3, -0.25) is 16.1 Å². The number of nitrogens with one attached hydrogen (secondary N) is 4. The lowest BCUT2D eigenvalue weighted by Gasteiger charge is -2.61. The first kappa shape index (κ1) is 30.3. The molecule has 0 bridgehead atoms. The molecule has 4 aliphatic carbocycles. The third kappa shape index (κ3) is 6.95. The number of amides is 1. The molecule has 0 radical (unpaired) electrons. The van der Waals surface area contributed by atoms with Gasteiger partial charge in [0.2, 0.25) is 5.91 Å². The largest absolute Gasteiger partial charge is 0.354 e. The van der Waals surface area contributed by atoms with Gasteiger partial charge < -0.3 is 16.0 Å². The fraction of sp³-hybridized carbons (Fsp3) is 0.969. The SMILES string of the molecule is CC(C)NC(=O)CCC[C@H]1CCC2C3CCC4C[C@@H](NCCCNCCCNN)CC[C@]4(C)C3CC[C@@]21C. The van der Waals surface area contributed by atoms with Gasteiger partial charge in [-0.1, -0.05) is 13.8 Å². The fourth-order valence-corrected chi connectivity index (χ4v) is 9.89. The fourth-order valence-electron chi connectivity index (χ4n) is 9.89. The van der Waals surface area contributed by atoms with Crippen molar-refractivity contribution in [3.8, 4) is 0 Å². The summed E-state index contributed by atoms with van der Waals surface area (Å²) in [5, 5.41) is 10.5. The van der Waals surface area contributed by atoms with Crippen molar-refractivity contribution in [1.29, 1.82) is 0 Å². The molecule has 38 heavy (non-hydrogen) atoms. The number of carbonyl (C=O) groups is 1. The second kappa shape index (κ2) is 13.8. The molecule has 0 saturated heterocycles. The summed E-state index contributed by atoms with van der Waals surface area (Å²) in [4.78, 5) is 12.2. The number of hydrogen-bond donors (Lipinski definition) is 5. The van der Waals surface area contributed by atoms with E-state index in [1.807, 2.05) is 0 Å². The molecule has 4 rings (SSSR count). The highest BCUT2D eigenvalue weighted by Gasteiger charge is 2.59. The third-order valence-corrected chi connectivity index (χ3v) is 11.9. The van der Waals surface area contributed by atoms with Crippen molar-refractivity contribution in [1.82, 2.24) is 21.4 Å². The summed E-state index contributed by atoms with van der Waals surface area (Å²) in [6, 6.07) is 0.981. The minimum Gasteiger partial charge on any atom is -0.354 e. The van der Waals surface area contributed by atoms with E-state index in [0.717, 1.165) is 74.7 Å². The Morgan fingerprint density at radius 3 is 2.37 bits per heavy atom. The molecule has 6 N–H and O–H groups in total. The molecule has 0 spiro atoms. The van der Waals surface area contributed by atoms with Gasteiger partial charge >= 0.3 is 0 Å².